The van der Waals surface area contributed by atoms with E-state index in [1.807, 2.05) is 11.6 Å². The van der Waals surface area contributed by atoms with E-state index in [4.69, 9.17) is 4.74 Å². The van der Waals surface area contributed by atoms with Gasteiger partial charge >= 0.3 is 6.18 Å². The molecule has 2 aromatic carbocycles. The molecule has 3 rings (SSSR count). The smallest absolute Gasteiger partial charge is 0.416 e. The number of hydrogen-bond donors (Lipinski definition) is 2. The zero-order valence-corrected chi connectivity index (χ0v) is 20.7. The fourth-order valence-electron chi connectivity index (χ4n) is 3.13. The number of rotatable bonds is 11. The minimum atomic E-state index is -4.57. The molecule has 0 saturated heterocycles. The van der Waals surface area contributed by atoms with Gasteiger partial charge in [0.05, 0.1) is 5.56 Å². The molecule has 0 atom stereocenters. The Bertz CT molecular complexity index is 1290. The summed E-state index contributed by atoms with van der Waals surface area (Å²) < 4.78 is 105. The van der Waals surface area contributed by atoms with E-state index in [1.165, 1.54) is 6.07 Å². The first-order valence-electron chi connectivity index (χ1n) is 10.5. The monoisotopic (exact) mass is 551 g/mol. The van der Waals surface area contributed by atoms with E-state index in [-0.39, 0.29) is 16.4 Å². The van der Waals surface area contributed by atoms with Gasteiger partial charge in [-0.3, -0.25) is 4.72 Å². The number of likely N-dealkylation sites (N-methyl/N-ethyl adjacent to an activating group) is 2. The number of anilines is 2. The molecule has 0 aliphatic heterocycles. The van der Waals surface area contributed by atoms with Crippen LogP contribution in [0.15, 0.2) is 41.6 Å². The molecule has 15 heteroatoms. The van der Waals surface area contributed by atoms with Gasteiger partial charge in [-0.2, -0.15) is 17.5 Å². The minimum absolute atomic E-state index is 0.136. The van der Waals surface area contributed by atoms with Gasteiger partial charge in [-0.15, -0.1) is 0 Å². The van der Waals surface area contributed by atoms with Gasteiger partial charge in [0.25, 0.3) is 10.0 Å². The van der Waals surface area contributed by atoms with Gasteiger partial charge in [0.1, 0.15) is 23.6 Å². The van der Waals surface area contributed by atoms with E-state index < -0.39 is 50.6 Å². The molecular formula is C21H22F5N5O3S2. The van der Waals surface area contributed by atoms with Crippen LogP contribution in [0.25, 0.3) is 0 Å². The third-order valence-corrected chi connectivity index (χ3v) is 7.00. The number of alkyl halides is 3. The highest BCUT2D eigenvalue weighted by Gasteiger charge is 2.31. The van der Waals surface area contributed by atoms with Gasteiger partial charge in [0.15, 0.2) is 11.6 Å². The second-order valence-electron chi connectivity index (χ2n) is 7.47. The highest BCUT2D eigenvalue weighted by atomic mass is 32.2. The lowest BCUT2D eigenvalue weighted by atomic mass is 10.1. The van der Waals surface area contributed by atoms with Gasteiger partial charge in [0.2, 0.25) is 5.13 Å². The maximum atomic E-state index is 14.7. The van der Waals surface area contributed by atoms with Gasteiger partial charge in [0, 0.05) is 55.1 Å². The molecule has 0 aliphatic rings. The molecule has 1 aromatic heterocycles. The molecule has 1 heterocycles. The van der Waals surface area contributed by atoms with Crippen molar-refractivity contribution in [3.05, 3.63) is 59.4 Å². The van der Waals surface area contributed by atoms with Crippen LogP contribution in [0.2, 0.25) is 0 Å². The molecule has 0 unspecified atom stereocenters. The third kappa shape index (κ3) is 6.79. The summed E-state index contributed by atoms with van der Waals surface area (Å²) in [5, 5.41) is 2.93. The number of nitrogens with zero attached hydrogens (tertiary/aromatic N) is 3. The normalized spacial score (nSPS) is 12.0. The Labute approximate surface area is 208 Å². The molecule has 3 aromatic rings. The molecular weight excluding hydrogens is 529 g/mol. The number of sulfonamides is 1. The Morgan fingerprint density at radius 3 is 2.53 bits per heavy atom. The predicted octanol–water partition coefficient (Wildman–Crippen LogP) is 4.26. The van der Waals surface area contributed by atoms with E-state index in [0.717, 1.165) is 18.5 Å². The fourth-order valence-corrected chi connectivity index (χ4v) is 4.87. The van der Waals surface area contributed by atoms with Crippen LogP contribution in [0.3, 0.4) is 0 Å². The quantitative estimate of drug-likeness (QED) is 0.272. The van der Waals surface area contributed by atoms with Gasteiger partial charge in [-0.1, -0.05) is 13.0 Å². The first-order valence-corrected chi connectivity index (χ1v) is 12.7. The summed E-state index contributed by atoms with van der Waals surface area (Å²) in [4.78, 5) is 4.24. The number of ether oxygens (including phenoxy) is 1. The van der Waals surface area contributed by atoms with Crippen molar-refractivity contribution in [2.75, 3.05) is 36.3 Å². The van der Waals surface area contributed by atoms with E-state index in [0.29, 0.717) is 43.3 Å². The molecule has 0 saturated carbocycles. The zero-order chi connectivity index (χ0) is 26.5. The zero-order valence-electron chi connectivity index (χ0n) is 19.1. The first-order chi connectivity index (χ1) is 16.9. The van der Waals surface area contributed by atoms with Crippen LogP contribution < -0.4 is 19.7 Å². The molecule has 8 nitrogen and oxygen atoms in total. The van der Waals surface area contributed by atoms with Crippen LogP contribution >= 0.6 is 11.5 Å². The molecule has 36 heavy (non-hydrogen) atoms. The summed E-state index contributed by atoms with van der Waals surface area (Å²) in [5.74, 6) is -3.08. The molecule has 196 valence electrons. The lowest BCUT2D eigenvalue weighted by Gasteiger charge is -2.24. The third-order valence-electron chi connectivity index (χ3n) is 4.94. The van der Waals surface area contributed by atoms with Crippen LogP contribution in [0.4, 0.5) is 32.8 Å². The van der Waals surface area contributed by atoms with Gasteiger partial charge in [-0.05, 0) is 18.7 Å². The van der Waals surface area contributed by atoms with Crippen molar-refractivity contribution >= 4 is 32.4 Å². The summed E-state index contributed by atoms with van der Waals surface area (Å²) in [6.45, 7) is 3.05. The Balaban J connectivity index is 1.84. The van der Waals surface area contributed by atoms with E-state index in [1.54, 1.807) is 11.9 Å². The fraction of sp³-hybridized carbons (Fsp3) is 0.333. The van der Waals surface area contributed by atoms with Crippen LogP contribution in [-0.2, 0) is 22.8 Å². The number of halogens is 5. The summed E-state index contributed by atoms with van der Waals surface area (Å²) >= 11 is 0.705. The van der Waals surface area contributed by atoms with Crippen molar-refractivity contribution in [3.63, 3.8) is 0 Å². The van der Waals surface area contributed by atoms with Crippen molar-refractivity contribution in [2.45, 2.75) is 24.6 Å². The SMILES string of the molecule is CCNCCN(C)c1cc(C(F)(F)F)ccc1COc1cc(F)c(S(=O)(=O)Nc2ncns2)cc1F. The highest BCUT2D eigenvalue weighted by molar-refractivity contribution is 7.93. The van der Waals surface area contributed by atoms with Crippen molar-refractivity contribution in [3.8, 4) is 5.75 Å². The van der Waals surface area contributed by atoms with Crippen LogP contribution in [-0.4, -0.2) is 44.5 Å². The number of aromatic nitrogens is 2. The average Bonchev–Trinajstić information content (AvgIpc) is 3.31. The molecule has 0 radical (unpaired) electrons. The second-order valence-corrected chi connectivity index (χ2v) is 9.90. The number of benzene rings is 2. The van der Waals surface area contributed by atoms with Gasteiger partial charge in [-0.25, -0.2) is 22.2 Å². The molecule has 2 N–H and O–H groups in total. The Morgan fingerprint density at radius 1 is 1.14 bits per heavy atom. The molecule has 0 bridgehead atoms. The Hall–Kier alpha value is -3.04. The number of hydrogen-bond acceptors (Lipinski definition) is 8. The van der Waals surface area contributed by atoms with Crippen LogP contribution in [0.1, 0.15) is 18.1 Å². The van der Waals surface area contributed by atoms with Crippen molar-refractivity contribution < 1.29 is 35.1 Å². The summed E-state index contributed by atoms with van der Waals surface area (Å²) in [6, 6.07) is 4.02. The summed E-state index contributed by atoms with van der Waals surface area (Å²) in [7, 11) is -2.90. The second kappa shape index (κ2) is 11.3. The van der Waals surface area contributed by atoms with Crippen molar-refractivity contribution in [1.29, 1.82) is 0 Å². The van der Waals surface area contributed by atoms with Crippen molar-refractivity contribution in [1.82, 2.24) is 14.7 Å². The largest absolute Gasteiger partial charge is 0.486 e. The van der Waals surface area contributed by atoms with E-state index in [2.05, 4.69) is 14.7 Å². The first kappa shape index (κ1) is 27.5. The molecule has 0 spiro atoms. The van der Waals surface area contributed by atoms with E-state index >= 15 is 0 Å². The lowest BCUT2D eigenvalue weighted by Crippen LogP contribution is -2.30. The van der Waals surface area contributed by atoms with Crippen molar-refractivity contribution in [2.24, 2.45) is 0 Å². The highest BCUT2D eigenvalue weighted by Crippen LogP contribution is 2.34. The molecule has 0 aliphatic carbocycles. The van der Waals surface area contributed by atoms with Crippen LogP contribution in [0, 0.1) is 11.6 Å². The average molecular weight is 552 g/mol. The summed E-state index contributed by atoms with van der Waals surface area (Å²) in [6.07, 6.45) is -3.49. The maximum absolute atomic E-state index is 14.7. The predicted molar refractivity (Wildman–Crippen MR) is 125 cm³/mol. The van der Waals surface area contributed by atoms with E-state index in [9.17, 15) is 30.4 Å². The topological polar surface area (TPSA) is 96.5 Å². The number of nitrogens with one attached hydrogen (secondary N) is 2. The minimum Gasteiger partial charge on any atom is -0.486 e. The van der Waals surface area contributed by atoms with Gasteiger partial charge < -0.3 is 15.0 Å². The van der Waals surface area contributed by atoms with Crippen LogP contribution in [0.5, 0.6) is 5.75 Å². The lowest BCUT2D eigenvalue weighted by molar-refractivity contribution is -0.137. The summed E-state index contributed by atoms with van der Waals surface area (Å²) in [5.41, 5.74) is -0.383. The Kier molecular flexibility index (Phi) is 8.68. The maximum Gasteiger partial charge on any atom is 0.416 e. The standard InChI is InChI=1S/C21H22F5N5O3S2/c1-3-27-6-7-31(2)17-8-14(21(24,25)26)5-4-13(17)11-34-18-9-16(23)19(10-15(18)22)36(32,33)30-20-28-12-29-35-20/h4-5,8-10,12,27H,3,6-7,11H2,1-2H3,(H,28,29,30). The molecule has 0 fully saturated rings. The molecule has 0 amide bonds. The Morgan fingerprint density at radius 2 is 1.89 bits per heavy atom.